The third-order valence-electron chi connectivity index (χ3n) is 3.68. The number of halogens is 4. The highest BCUT2D eigenvalue weighted by atomic mass is 35.5. The van der Waals surface area contributed by atoms with Crippen LogP contribution in [-0.2, 0) is 18.0 Å². The van der Waals surface area contributed by atoms with Crippen LogP contribution in [0.5, 0.6) is 5.75 Å². The smallest absolute Gasteiger partial charge is 0.419 e. The molecule has 2 N–H and O–H groups in total. The fourth-order valence-corrected chi connectivity index (χ4v) is 2.45. The number of alkyl halides is 3. The van der Waals surface area contributed by atoms with Gasteiger partial charge >= 0.3 is 6.18 Å². The maximum absolute atomic E-state index is 13.0. The van der Waals surface area contributed by atoms with Gasteiger partial charge in [0.05, 0.1) is 17.8 Å². The average molecular weight is 407 g/mol. The summed E-state index contributed by atoms with van der Waals surface area (Å²) in [7, 11) is 3.38. The van der Waals surface area contributed by atoms with Gasteiger partial charge in [-0.1, -0.05) is 12.1 Å². The highest BCUT2D eigenvalue weighted by Crippen LogP contribution is 2.35. The van der Waals surface area contributed by atoms with Crippen molar-refractivity contribution in [2.45, 2.75) is 25.2 Å². The van der Waals surface area contributed by atoms with Crippen molar-refractivity contribution in [2.24, 2.45) is 7.05 Å². The quantitative estimate of drug-likeness (QED) is 0.742. The van der Waals surface area contributed by atoms with Crippen LogP contribution in [0.15, 0.2) is 36.7 Å². The number of aromatic nitrogens is 2. The van der Waals surface area contributed by atoms with Crippen molar-refractivity contribution in [3.8, 4) is 5.75 Å². The van der Waals surface area contributed by atoms with E-state index < -0.39 is 23.8 Å². The standard InChI is InChI=1S/C17H21F3N4O2.ClH/c1-11(10-26-14-7-5-4-6-13(14)17(18,19)20)23-16(25)15(21-2)12-8-22-24(3)9-12;/h4-9,11,15,21H,10H2,1-3H3,(H,23,25);1H. The molecule has 0 aliphatic rings. The van der Waals surface area contributed by atoms with E-state index in [9.17, 15) is 18.0 Å². The third kappa shape index (κ3) is 6.14. The summed E-state index contributed by atoms with van der Waals surface area (Å²) in [4.78, 5) is 12.4. The number of benzene rings is 1. The number of para-hydroxylation sites is 1. The van der Waals surface area contributed by atoms with Crippen LogP contribution >= 0.6 is 12.4 Å². The minimum atomic E-state index is -4.50. The number of amides is 1. The molecule has 0 aliphatic carbocycles. The first-order chi connectivity index (χ1) is 12.2. The van der Waals surface area contributed by atoms with Crippen LogP contribution in [0.25, 0.3) is 0 Å². The molecule has 150 valence electrons. The van der Waals surface area contributed by atoms with Gasteiger partial charge < -0.3 is 15.4 Å². The summed E-state index contributed by atoms with van der Waals surface area (Å²) in [6, 6.07) is 3.87. The zero-order valence-corrected chi connectivity index (χ0v) is 15.9. The number of nitrogens with one attached hydrogen (secondary N) is 2. The molecule has 2 atom stereocenters. The van der Waals surface area contributed by atoms with Crippen LogP contribution in [0.4, 0.5) is 13.2 Å². The van der Waals surface area contributed by atoms with E-state index in [1.54, 1.807) is 38.1 Å². The van der Waals surface area contributed by atoms with Crippen LogP contribution in [0.3, 0.4) is 0 Å². The van der Waals surface area contributed by atoms with Gasteiger partial charge in [-0.05, 0) is 26.1 Å². The Balaban J connectivity index is 0.00000364. The Labute approximate surface area is 161 Å². The Kier molecular flexibility index (Phi) is 8.11. The number of hydrogen-bond acceptors (Lipinski definition) is 4. The molecule has 0 saturated carbocycles. The van der Waals surface area contributed by atoms with E-state index in [-0.39, 0.29) is 30.7 Å². The van der Waals surface area contributed by atoms with Crippen molar-refractivity contribution in [3.63, 3.8) is 0 Å². The lowest BCUT2D eigenvalue weighted by atomic mass is 10.1. The van der Waals surface area contributed by atoms with Gasteiger partial charge in [-0.15, -0.1) is 12.4 Å². The van der Waals surface area contributed by atoms with Crippen LogP contribution < -0.4 is 15.4 Å². The number of ether oxygens (including phenoxy) is 1. The van der Waals surface area contributed by atoms with Crippen molar-refractivity contribution in [1.82, 2.24) is 20.4 Å². The van der Waals surface area contributed by atoms with Crippen molar-refractivity contribution in [3.05, 3.63) is 47.8 Å². The Morgan fingerprint density at radius 3 is 2.56 bits per heavy atom. The van der Waals surface area contributed by atoms with Crippen LogP contribution in [-0.4, -0.2) is 35.4 Å². The molecule has 2 rings (SSSR count). The summed E-state index contributed by atoms with van der Waals surface area (Å²) in [5.74, 6) is -0.584. The van der Waals surface area contributed by atoms with E-state index in [0.717, 1.165) is 6.07 Å². The first kappa shape index (κ1) is 22.8. The lowest BCUT2D eigenvalue weighted by molar-refractivity contribution is -0.139. The maximum Gasteiger partial charge on any atom is 0.419 e. The lowest BCUT2D eigenvalue weighted by Crippen LogP contribution is -2.43. The Bertz CT molecular complexity index is 752. The summed E-state index contributed by atoms with van der Waals surface area (Å²) in [6.07, 6.45) is -1.22. The molecular formula is C17H22ClF3N4O2. The fraction of sp³-hybridized carbons (Fsp3) is 0.412. The Morgan fingerprint density at radius 2 is 2.00 bits per heavy atom. The van der Waals surface area contributed by atoms with E-state index in [0.29, 0.717) is 5.56 Å². The van der Waals surface area contributed by atoms with Gasteiger partial charge in [-0.3, -0.25) is 9.48 Å². The normalized spacial score (nSPS) is 13.4. The molecule has 0 fully saturated rings. The molecule has 0 spiro atoms. The van der Waals surface area contributed by atoms with Crippen molar-refractivity contribution < 1.29 is 22.7 Å². The van der Waals surface area contributed by atoms with Crippen molar-refractivity contribution >= 4 is 18.3 Å². The molecule has 0 aliphatic heterocycles. The molecule has 0 radical (unpaired) electrons. The van der Waals surface area contributed by atoms with E-state index in [1.807, 2.05) is 0 Å². The average Bonchev–Trinajstić information content (AvgIpc) is 2.99. The number of carbonyl (C=O) groups is 1. The van der Waals surface area contributed by atoms with Gasteiger partial charge in [0.2, 0.25) is 5.91 Å². The molecular weight excluding hydrogens is 385 g/mol. The number of carbonyl (C=O) groups excluding carboxylic acids is 1. The zero-order valence-electron chi connectivity index (χ0n) is 15.1. The van der Waals surface area contributed by atoms with Gasteiger partial charge in [0.25, 0.3) is 0 Å². The monoisotopic (exact) mass is 406 g/mol. The van der Waals surface area contributed by atoms with Crippen molar-refractivity contribution in [2.75, 3.05) is 13.7 Å². The maximum atomic E-state index is 13.0. The Hall–Kier alpha value is -2.26. The van der Waals surface area contributed by atoms with Crippen LogP contribution in [0.2, 0.25) is 0 Å². The molecule has 2 aromatic rings. The second-order valence-electron chi connectivity index (χ2n) is 5.88. The summed E-state index contributed by atoms with van der Waals surface area (Å²) in [6.45, 7) is 1.56. The molecule has 6 nitrogen and oxygen atoms in total. The van der Waals surface area contributed by atoms with Crippen molar-refractivity contribution in [1.29, 1.82) is 0 Å². The second kappa shape index (κ2) is 9.61. The molecule has 1 aromatic carbocycles. The summed E-state index contributed by atoms with van der Waals surface area (Å²) in [5, 5.41) is 9.63. The summed E-state index contributed by atoms with van der Waals surface area (Å²) < 4.78 is 45.7. The molecule has 2 unspecified atom stereocenters. The molecule has 27 heavy (non-hydrogen) atoms. The lowest BCUT2D eigenvalue weighted by Gasteiger charge is -2.20. The van der Waals surface area contributed by atoms with E-state index in [4.69, 9.17) is 4.74 Å². The molecule has 1 aromatic heterocycles. The first-order valence-electron chi connectivity index (χ1n) is 7.97. The number of rotatable bonds is 7. The van der Waals surface area contributed by atoms with Gasteiger partial charge in [0.1, 0.15) is 18.4 Å². The molecule has 1 heterocycles. The first-order valence-corrected chi connectivity index (χ1v) is 7.97. The largest absolute Gasteiger partial charge is 0.491 e. The number of likely N-dealkylation sites (N-methyl/N-ethyl adjacent to an activating group) is 1. The highest BCUT2D eigenvalue weighted by Gasteiger charge is 2.34. The molecule has 0 bridgehead atoms. The minimum absolute atomic E-state index is 0. The number of hydrogen-bond donors (Lipinski definition) is 2. The summed E-state index contributed by atoms with van der Waals surface area (Å²) >= 11 is 0. The number of aryl methyl sites for hydroxylation is 1. The van der Waals surface area contributed by atoms with Gasteiger partial charge in [0.15, 0.2) is 0 Å². The molecule has 0 saturated heterocycles. The van der Waals surface area contributed by atoms with Crippen LogP contribution in [0, 0.1) is 0 Å². The Morgan fingerprint density at radius 1 is 1.33 bits per heavy atom. The van der Waals surface area contributed by atoms with Gasteiger partial charge in [0, 0.05) is 18.8 Å². The van der Waals surface area contributed by atoms with Gasteiger partial charge in [-0.25, -0.2) is 0 Å². The van der Waals surface area contributed by atoms with E-state index in [1.165, 1.54) is 18.2 Å². The highest BCUT2D eigenvalue weighted by molar-refractivity contribution is 5.85. The zero-order chi connectivity index (χ0) is 19.3. The molecule has 1 amide bonds. The SMILES string of the molecule is CNC(C(=O)NC(C)COc1ccccc1C(F)(F)F)c1cnn(C)c1.Cl. The topological polar surface area (TPSA) is 68.2 Å². The molecule has 10 heteroatoms. The second-order valence-corrected chi connectivity index (χ2v) is 5.88. The van der Waals surface area contributed by atoms with E-state index in [2.05, 4.69) is 15.7 Å². The number of nitrogens with zero attached hydrogens (tertiary/aromatic N) is 2. The summed E-state index contributed by atoms with van der Waals surface area (Å²) in [5.41, 5.74) is -0.162. The van der Waals surface area contributed by atoms with Gasteiger partial charge in [-0.2, -0.15) is 18.3 Å². The third-order valence-corrected chi connectivity index (χ3v) is 3.68. The van der Waals surface area contributed by atoms with E-state index >= 15 is 0 Å². The minimum Gasteiger partial charge on any atom is -0.491 e. The fourth-order valence-electron chi connectivity index (χ4n) is 2.45. The van der Waals surface area contributed by atoms with Crippen LogP contribution in [0.1, 0.15) is 24.1 Å². The predicted octanol–water partition coefficient (Wildman–Crippen LogP) is 2.70. The predicted molar refractivity (Wildman–Crippen MR) is 96.8 cm³/mol.